The van der Waals surface area contributed by atoms with Gasteiger partial charge in [-0.05, 0) is 62.6 Å². The lowest BCUT2D eigenvalue weighted by Crippen LogP contribution is -2.19. The van der Waals surface area contributed by atoms with E-state index in [9.17, 15) is 4.79 Å². The third-order valence-corrected chi connectivity index (χ3v) is 5.26. The predicted molar refractivity (Wildman–Crippen MR) is 114 cm³/mol. The highest BCUT2D eigenvalue weighted by atomic mass is 16.4. The highest BCUT2D eigenvalue weighted by molar-refractivity contribution is 5.91. The fourth-order valence-electron chi connectivity index (χ4n) is 3.66. The van der Waals surface area contributed by atoms with E-state index in [1.165, 1.54) is 29.7 Å². The number of nitrogens with zero attached hydrogens (tertiary/aromatic N) is 3. The summed E-state index contributed by atoms with van der Waals surface area (Å²) in [4.78, 5) is 14.7. The van der Waals surface area contributed by atoms with E-state index in [4.69, 9.17) is 4.42 Å². The van der Waals surface area contributed by atoms with Gasteiger partial charge in [0.15, 0.2) is 0 Å². The first-order chi connectivity index (χ1) is 14.1. The Morgan fingerprint density at radius 1 is 1.07 bits per heavy atom. The lowest BCUT2D eigenvalue weighted by molar-refractivity contribution is -0.116. The fourth-order valence-corrected chi connectivity index (χ4v) is 3.66. The Morgan fingerprint density at radius 2 is 1.83 bits per heavy atom. The molecule has 6 heteroatoms. The van der Waals surface area contributed by atoms with Gasteiger partial charge in [-0.2, -0.15) is 0 Å². The molecule has 1 aromatic heterocycles. The molecule has 1 aliphatic heterocycles. The zero-order valence-corrected chi connectivity index (χ0v) is 16.9. The molecule has 0 atom stereocenters. The highest BCUT2D eigenvalue weighted by Crippen LogP contribution is 2.27. The van der Waals surface area contributed by atoms with E-state index >= 15 is 0 Å². The Morgan fingerprint density at radius 3 is 2.55 bits per heavy atom. The minimum Gasteiger partial charge on any atom is -0.421 e. The number of carbonyl (C=O) groups is 1. The Kier molecular flexibility index (Phi) is 5.60. The molecular formula is C23H26N4O2. The van der Waals surface area contributed by atoms with E-state index in [0.717, 1.165) is 24.3 Å². The number of rotatable bonds is 6. The van der Waals surface area contributed by atoms with Crippen LogP contribution in [0, 0.1) is 13.8 Å². The van der Waals surface area contributed by atoms with Gasteiger partial charge in [-0.25, -0.2) is 0 Å². The number of aryl methyl sites for hydroxylation is 3. The SMILES string of the molecule is Cc1ccc(-c2nnc(CCC(=O)Nc3ccc(N4CCCC4)c(C)c3)o2)cc1. The van der Waals surface area contributed by atoms with E-state index in [-0.39, 0.29) is 5.91 Å². The lowest BCUT2D eigenvalue weighted by atomic mass is 10.1. The summed E-state index contributed by atoms with van der Waals surface area (Å²) in [7, 11) is 0. The minimum absolute atomic E-state index is 0.0617. The molecule has 1 amide bonds. The Bertz CT molecular complexity index is 988. The molecule has 2 heterocycles. The van der Waals surface area contributed by atoms with Gasteiger partial charge in [0.2, 0.25) is 17.7 Å². The second-order valence-corrected chi connectivity index (χ2v) is 7.61. The van der Waals surface area contributed by atoms with Crippen LogP contribution in [0.25, 0.3) is 11.5 Å². The monoisotopic (exact) mass is 390 g/mol. The molecule has 0 bridgehead atoms. The van der Waals surface area contributed by atoms with Crippen LogP contribution in [-0.4, -0.2) is 29.2 Å². The molecule has 0 saturated carbocycles. The number of nitrogens with one attached hydrogen (secondary N) is 1. The molecule has 150 valence electrons. The quantitative estimate of drug-likeness (QED) is 0.670. The average molecular weight is 390 g/mol. The predicted octanol–water partition coefficient (Wildman–Crippen LogP) is 4.52. The van der Waals surface area contributed by atoms with Gasteiger partial charge in [-0.1, -0.05) is 17.7 Å². The molecule has 29 heavy (non-hydrogen) atoms. The van der Waals surface area contributed by atoms with Crippen molar-refractivity contribution in [2.45, 2.75) is 39.5 Å². The summed E-state index contributed by atoms with van der Waals surface area (Å²) in [5.41, 5.74) is 5.32. The van der Waals surface area contributed by atoms with Crippen molar-refractivity contribution in [1.82, 2.24) is 10.2 Å². The minimum atomic E-state index is -0.0617. The van der Waals surface area contributed by atoms with Crippen molar-refractivity contribution in [3.05, 3.63) is 59.5 Å². The Labute approximate surface area is 170 Å². The van der Waals surface area contributed by atoms with Gasteiger partial charge in [0.05, 0.1) is 0 Å². The molecule has 0 radical (unpaired) electrons. The lowest BCUT2D eigenvalue weighted by Gasteiger charge is -2.20. The van der Waals surface area contributed by atoms with Crippen LogP contribution < -0.4 is 10.2 Å². The standard InChI is InChI=1S/C23H26N4O2/c1-16-5-7-18(8-6-16)23-26-25-22(29-23)12-11-21(28)24-19-9-10-20(17(2)15-19)27-13-3-4-14-27/h5-10,15H,3-4,11-14H2,1-2H3,(H,24,28). The van der Waals surface area contributed by atoms with Crippen LogP contribution in [-0.2, 0) is 11.2 Å². The van der Waals surface area contributed by atoms with Gasteiger partial charge < -0.3 is 14.6 Å². The fraction of sp³-hybridized carbons (Fsp3) is 0.348. The third-order valence-electron chi connectivity index (χ3n) is 5.26. The van der Waals surface area contributed by atoms with E-state index < -0.39 is 0 Å². The average Bonchev–Trinajstić information content (AvgIpc) is 3.39. The number of aromatic nitrogens is 2. The first-order valence-electron chi connectivity index (χ1n) is 10.1. The summed E-state index contributed by atoms with van der Waals surface area (Å²) >= 11 is 0. The summed E-state index contributed by atoms with van der Waals surface area (Å²) < 4.78 is 5.69. The van der Waals surface area contributed by atoms with Gasteiger partial charge in [0.25, 0.3) is 0 Å². The van der Waals surface area contributed by atoms with Crippen molar-refractivity contribution >= 4 is 17.3 Å². The molecule has 1 fully saturated rings. The third kappa shape index (κ3) is 4.65. The van der Waals surface area contributed by atoms with Crippen molar-refractivity contribution < 1.29 is 9.21 Å². The van der Waals surface area contributed by atoms with Crippen LogP contribution in [0.5, 0.6) is 0 Å². The van der Waals surface area contributed by atoms with Crippen molar-refractivity contribution in [2.75, 3.05) is 23.3 Å². The van der Waals surface area contributed by atoms with Crippen LogP contribution in [0.3, 0.4) is 0 Å². The van der Waals surface area contributed by atoms with Crippen molar-refractivity contribution in [3.8, 4) is 11.5 Å². The van der Waals surface area contributed by atoms with Crippen LogP contribution in [0.1, 0.15) is 36.3 Å². The molecule has 0 unspecified atom stereocenters. The maximum atomic E-state index is 12.3. The van der Waals surface area contributed by atoms with E-state index in [1.807, 2.05) is 43.3 Å². The van der Waals surface area contributed by atoms with Crippen LogP contribution in [0.15, 0.2) is 46.9 Å². The number of hydrogen-bond donors (Lipinski definition) is 1. The normalized spacial score (nSPS) is 13.7. The smallest absolute Gasteiger partial charge is 0.247 e. The molecule has 3 aromatic rings. The van der Waals surface area contributed by atoms with Gasteiger partial charge in [-0.15, -0.1) is 10.2 Å². The molecule has 4 rings (SSSR count). The topological polar surface area (TPSA) is 71.3 Å². The van der Waals surface area contributed by atoms with Crippen molar-refractivity contribution in [2.24, 2.45) is 0 Å². The van der Waals surface area contributed by atoms with E-state index in [1.54, 1.807) is 0 Å². The molecule has 0 aliphatic carbocycles. The summed E-state index contributed by atoms with van der Waals surface area (Å²) in [6, 6.07) is 14.0. The molecule has 1 N–H and O–H groups in total. The molecule has 0 spiro atoms. The number of amides is 1. The first kappa shape index (κ1) is 19.2. The maximum absolute atomic E-state index is 12.3. The second-order valence-electron chi connectivity index (χ2n) is 7.61. The Hall–Kier alpha value is -3.15. The van der Waals surface area contributed by atoms with Crippen LogP contribution >= 0.6 is 0 Å². The number of benzene rings is 2. The molecule has 2 aromatic carbocycles. The van der Waals surface area contributed by atoms with E-state index in [0.29, 0.717) is 24.6 Å². The number of carbonyl (C=O) groups excluding carboxylic acids is 1. The molecular weight excluding hydrogens is 364 g/mol. The first-order valence-corrected chi connectivity index (χ1v) is 10.1. The zero-order valence-electron chi connectivity index (χ0n) is 16.9. The van der Waals surface area contributed by atoms with Gasteiger partial charge >= 0.3 is 0 Å². The van der Waals surface area contributed by atoms with E-state index in [2.05, 4.69) is 33.4 Å². The molecule has 1 aliphatic rings. The zero-order chi connectivity index (χ0) is 20.2. The van der Waals surface area contributed by atoms with Crippen LogP contribution in [0.2, 0.25) is 0 Å². The summed E-state index contributed by atoms with van der Waals surface area (Å²) in [5, 5.41) is 11.1. The summed E-state index contributed by atoms with van der Waals surface area (Å²) in [6.07, 6.45) is 3.20. The summed E-state index contributed by atoms with van der Waals surface area (Å²) in [5.74, 6) is 0.887. The Balaban J connectivity index is 1.32. The number of anilines is 2. The number of hydrogen-bond acceptors (Lipinski definition) is 5. The van der Waals surface area contributed by atoms with Crippen molar-refractivity contribution in [1.29, 1.82) is 0 Å². The van der Waals surface area contributed by atoms with Gasteiger partial charge in [0.1, 0.15) is 0 Å². The van der Waals surface area contributed by atoms with Gasteiger partial charge in [0, 0.05) is 42.9 Å². The highest BCUT2D eigenvalue weighted by Gasteiger charge is 2.15. The second kappa shape index (κ2) is 8.47. The van der Waals surface area contributed by atoms with Crippen molar-refractivity contribution in [3.63, 3.8) is 0 Å². The molecule has 6 nitrogen and oxygen atoms in total. The maximum Gasteiger partial charge on any atom is 0.247 e. The largest absolute Gasteiger partial charge is 0.421 e. The molecule has 1 saturated heterocycles. The summed E-state index contributed by atoms with van der Waals surface area (Å²) in [6.45, 7) is 6.35. The van der Waals surface area contributed by atoms with Crippen LogP contribution in [0.4, 0.5) is 11.4 Å². The van der Waals surface area contributed by atoms with Gasteiger partial charge in [-0.3, -0.25) is 4.79 Å².